The van der Waals surface area contributed by atoms with Gasteiger partial charge in [0.25, 0.3) is 5.91 Å². The molecule has 0 spiro atoms. The van der Waals surface area contributed by atoms with Gasteiger partial charge < -0.3 is 19.1 Å². The van der Waals surface area contributed by atoms with E-state index in [1.54, 1.807) is 7.11 Å². The van der Waals surface area contributed by atoms with E-state index in [1.807, 2.05) is 71.6 Å². The average Bonchev–Trinajstić information content (AvgIpc) is 3.22. The van der Waals surface area contributed by atoms with Crippen molar-refractivity contribution in [3.8, 4) is 17.2 Å². The van der Waals surface area contributed by atoms with Crippen LogP contribution in [0, 0.1) is 0 Å². The minimum atomic E-state index is -0.0361. The second-order valence-corrected chi connectivity index (χ2v) is 7.62. The summed E-state index contributed by atoms with van der Waals surface area (Å²) in [6.45, 7) is 1.16. The molecular weight excluding hydrogens is 434 g/mol. The second kappa shape index (κ2) is 8.57. The smallest absolute Gasteiger partial charge is 0.254 e. The highest BCUT2D eigenvalue weighted by molar-refractivity contribution is 9.10. The van der Waals surface area contributed by atoms with Crippen LogP contribution < -0.4 is 14.2 Å². The monoisotopic (exact) mass is 453 g/mol. The zero-order valence-electron chi connectivity index (χ0n) is 15.9. The number of fused-ring (bicyclic) bond motifs is 1. The number of hydrogen-bond donors (Lipinski definition) is 0. The fraction of sp³-hybridized carbons (Fsp3) is 0.174. The van der Waals surface area contributed by atoms with Crippen LogP contribution in [0.3, 0.4) is 0 Å². The van der Waals surface area contributed by atoms with Crippen LogP contribution >= 0.6 is 15.9 Å². The Labute approximate surface area is 177 Å². The fourth-order valence-electron chi connectivity index (χ4n) is 3.19. The number of carbonyl (C=O) groups excluding carboxylic acids is 1. The van der Waals surface area contributed by atoms with Crippen molar-refractivity contribution in [1.29, 1.82) is 0 Å². The highest BCUT2D eigenvalue weighted by atomic mass is 79.9. The van der Waals surface area contributed by atoms with Crippen LogP contribution in [-0.2, 0) is 13.1 Å². The Hall–Kier alpha value is -2.99. The number of hydrogen-bond acceptors (Lipinski definition) is 4. The Kier molecular flexibility index (Phi) is 5.71. The van der Waals surface area contributed by atoms with Gasteiger partial charge in [-0.3, -0.25) is 4.79 Å². The number of methoxy groups -OCH3 is 1. The molecule has 5 nitrogen and oxygen atoms in total. The average molecular weight is 454 g/mol. The molecule has 0 saturated carbocycles. The molecule has 1 aliphatic rings. The molecule has 1 heterocycles. The molecule has 148 valence electrons. The quantitative estimate of drug-likeness (QED) is 0.525. The Morgan fingerprint density at radius 1 is 0.931 bits per heavy atom. The van der Waals surface area contributed by atoms with Crippen molar-refractivity contribution >= 4 is 21.8 Å². The first-order chi connectivity index (χ1) is 14.1. The van der Waals surface area contributed by atoms with E-state index in [9.17, 15) is 4.79 Å². The number of rotatable bonds is 6. The number of carbonyl (C=O) groups is 1. The van der Waals surface area contributed by atoms with Crippen molar-refractivity contribution < 1.29 is 19.0 Å². The molecular formula is C23H20BrNO4. The summed E-state index contributed by atoms with van der Waals surface area (Å²) in [6, 6.07) is 20.9. The lowest BCUT2D eigenvalue weighted by Crippen LogP contribution is -2.30. The van der Waals surface area contributed by atoms with Crippen LogP contribution in [0.4, 0.5) is 0 Å². The van der Waals surface area contributed by atoms with Gasteiger partial charge in [-0.2, -0.15) is 0 Å². The van der Waals surface area contributed by atoms with Gasteiger partial charge in [0.1, 0.15) is 5.75 Å². The predicted octanol–water partition coefficient (Wildman–Crippen LogP) is 5.03. The lowest BCUT2D eigenvalue weighted by atomic mass is 10.1. The van der Waals surface area contributed by atoms with Crippen molar-refractivity contribution in [2.45, 2.75) is 13.1 Å². The van der Waals surface area contributed by atoms with Gasteiger partial charge in [0.2, 0.25) is 6.79 Å². The molecule has 0 fully saturated rings. The molecule has 0 atom stereocenters. The van der Waals surface area contributed by atoms with Crippen molar-refractivity contribution in [2.24, 2.45) is 0 Å². The Balaban J connectivity index is 1.60. The van der Waals surface area contributed by atoms with Crippen LogP contribution in [0.15, 0.2) is 71.2 Å². The summed E-state index contributed by atoms with van der Waals surface area (Å²) in [5, 5.41) is 0. The Morgan fingerprint density at radius 2 is 1.59 bits per heavy atom. The molecule has 1 aliphatic heterocycles. The zero-order chi connectivity index (χ0) is 20.2. The summed E-state index contributed by atoms with van der Waals surface area (Å²) < 4.78 is 17.0. The van der Waals surface area contributed by atoms with E-state index < -0.39 is 0 Å². The molecule has 0 bridgehead atoms. The van der Waals surface area contributed by atoms with Crippen LogP contribution in [-0.4, -0.2) is 24.7 Å². The van der Waals surface area contributed by atoms with E-state index in [2.05, 4.69) is 15.9 Å². The molecule has 0 saturated heterocycles. The third kappa shape index (κ3) is 4.54. The van der Waals surface area contributed by atoms with Gasteiger partial charge >= 0.3 is 0 Å². The largest absolute Gasteiger partial charge is 0.497 e. The van der Waals surface area contributed by atoms with Crippen LogP contribution in [0.25, 0.3) is 0 Å². The normalized spacial score (nSPS) is 11.9. The van der Waals surface area contributed by atoms with Crippen molar-refractivity contribution in [3.63, 3.8) is 0 Å². The van der Waals surface area contributed by atoms with Crippen LogP contribution in [0.1, 0.15) is 21.5 Å². The lowest BCUT2D eigenvalue weighted by molar-refractivity contribution is 0.0730. The fourth-order valence-corrected chi connectivity index (χ4v) is 3.45. The van der Waals surface area contributed by atoms with Crippen molar-refractivity contribution in [3.05, 3.63) is 87.9 Å². The van der Waals surface area contributed by atoms with Crippen molar-refractivity contribution in [1.82, 2.24) is 4.90 Å². The van der Waals surface area contributed by atoms with E-state index >= 15 is 0 Å². The minimum absolute atomic E-state index is 0.0361. The van der Waals surface area contributed by atoms with E-state index in [4.69, 9.17) is 14.2 Å². The van der Waals surface area contributed by atoms with Crippen LogP contribution in [0.2, 0.25) is 0 Å². The molecule has 4 rings (SSSR count). The SMILES string of the molecule is COc1ccc(CN(Cc2ccc3c(c2)OCO3)C(=O)c2ccc(Br)cc2)cc1. The number of benzene rings is 3. The zero-order valence-corrected chi connectivity index (χ0v) is 17.5. The molecule has 0 aliphatic carbocycles. The van der Waals surface area contributed by atoms with Gasteiger partial charge in [-0.15, -0.1) is 0 Å². The maximum absolute atomic E-state index is 13.3. The number of nitrogens with zero attached hydrogens (tertiary/aromatic N) is 1. The highest BCUT2D eigenvalue weighted by Gasteiger charge is 2.19. The summed E-state index contributed by atoms with van der Waals surface area (Å²) in [5.41, 5.74) is 2.65. The van der Waals surface area contributed by atoms with Gasteiger partial charge in [0.05, 0.1) is 7.11 Å². The van der Waals surface area contributed by atoms with Gasteiger partial charge in [0.15, 0.2) is 11.5 Å². The van der Waals surface area contributed by atoms with E-state index in [0.717, 1.165) is 27.1 Å². The molecule has 3 aromatic carbocycles. The summed E-state index contributed by atoms with van der Waals surface area (Å²) in [7, 11) is 1.64. The molecule has 6 heteroatoms. The predicted molar refractivity (Wildman–Crippen MR) is 113 cm³/mol. The van der Waals surface area contributed by atoms with Gasteiger partial charge in [0, 0.05) is 23.1 Å². The molecule has 0 radical (unpaired) electrons. The van der Waals surface area contributed by atoms with Gasteiger partial charge in [-0.1, -0.05) is 34.1 Å². The second-order valence-electron chi connectivity index (χ2n) is 6.70. The first kappa shape index (κ1) is 19.3. The molecule has 3 aromatic rings. The summed E-state index contributed by atoms with van der Waals surface area (Å²) in [4.78, 5) is 15.1. The highest BCUT2D eigenvalue weighted by Crippen LogP contribution is 2.33. The van der Waals surface area contributed by atoms with Gasteiger partial charge in [-0.05, 0) is 59.7 Å². The maximum Gasteiger partial charge on any atom is 0.254 e. The van der Waals surface area contributed by atoms with E-state index in [-0.39, 0.29) is 12.7 Å². The standard InChI is InChI=1S/C23H20BrNO4/c1-27-20-9-2-16(3-10-20)13-25(23(26)18-5-7-19(24)8-6-18)14-17-4-11-21-22(12-17)29-15-28-21/h2-12H,13-15H2,1H3. The number of amides is 1. The van der Waals surface area contributed by atoms with Crippen molar-refractivity contribution in [2.75, 3.05) is 13.9 Å². The third-order valence-corrected chi connectivity index (χ3v) is 5.25. The topological polar surface area (TPSA) is 48.0 Å². The lowest BCUT2D eigenvalue weighted by Gasteiger charge is -2.23. The summed E-state index contributed by atoms with van der Waals surface area (Å²) in [5.74, 6) is 2.19. The van der Waals surface area contributed by atoms with Gasteiger partial charge in [-0.25, -0.2) is 0 Å². The first-order valence-electron chi connectivity index (χ1n) is 9.19. The molecule has 29 heavy (non-hydrogen) atoms. The molecule has 0 aromatic heterocycles. The number of ether oxygens (including phenoxy) is 3. The molecule has 0 N–H and O–H groups in total. The Bertz CT molecular complexity index is 1000. The summed E-state index contributed by atoms with van der Waals surface area (Å²) >= 11 is 3.42. The van der Waals surface area contributed by atoms with Crippen LogP contribution in [0.5, 0.6) is 17.2 Å². The third-order valence-electron chi connectivity index (χ3n) is 4.72. The van der Waals surface area contributed by atoms with E-state index in [1.165, 1.54) is 0 Å². The maximum atomic E-state index is 13.3. The minimum Gasteiger partial charge on any atom is -0.497 e. The van der Waals surface area contributed by atoms with E-state index in [0.29, 0.717) is 24.4 Å². The molecule has 1 amide bonds. The molecule has 0 unspecified atom stereocenters. The number of halogens is 1. The first-order valence-corrected chi connectivity index (χ1v) is 9.98. The Morgan fingerprint density at radius 3 is 2.31 bits per heavy atom. The summed E-state index contributed by atoms with van der Waals surface area (Å²) in [6.07, 6.45) is 0.